The highest BCUT2D eigenvalue weighted by atomic mass is 19.4. The molecule has 0 bridgehead atoms. The third kappa shape index (κ3) is 3.61. The second-order valence-electron chi connectivity index (χ2n) is 4.16. The van der Waals surface area contributed by atoms with E-state index in [1.807, 2.05) is 0 Å². The molecule has 0 unspecified atom stereocenters. The van der Waals surface area contributed by atoms with Crippen LogP contribution in [0.2, 0.25) is 0 Å². The summed E-state index contributed by atoms with van der Waals surface area (Å²) in [6.45, 7) is -0.535. The summed E-state index contributed by atoms with van der Waals surface area (Å²) in [6, 6.07) is 11.2. The Morgan fingerprint density at radius 2 is 1.20 bits per heavy atom. The summed E-state index contributed by atoms with van der Waals surface area (Å²) >= 11 is 0. The van der Waals surface area contributed by atoms with Crippen LogP contribution in [0.5, 0.6) is 0 Å². The Labute approximate surface area is 114 Å². The highest BCUT2D eigenvalue weighted by Gasteiger charge is 2.29. The van der Waals surface area contributed by atoms with E-state index in [0.717, 1.165) is 12.1 Å². The van der Waals surface area contributed by atoms with Gasteiger partial charge in [-0.2, -0.15) is 13.2 Å². The van der Waals surface area contributed by atoms with Crippen molar-refractivity contribution in [2.45, 2.75) is 12.9 Å². The predicted molar refractivity (Wildman–Crippen MR) is 68.7 cm³/mol. The van der Waals surface area contributed by atoms with Crippen molar-refractivity contribution in [2.75, 3.05) is 0 Å². The van der Waals surface area contributed by atoms with Gasteiger partial charge in [0, 0.05) is 11.1 Å². The molecule has 4 heteroatoms. The Kier molecular flexibility index (Phi) is 4.09. The maximum atomic E-state index is 12.4. The van der Waals surface area contributed by atoms with E-state index in [1.165, 1.54) is 12.1 Å². The van der Waals surface area contributed by atoms with Gasteiger partial charge in [0.15, 0.2) is 0 Å². The summed E-state index contributed by atoms with van der Waals surface area (Å²) in [6.07, 6.45) is -4.34. The molecule has 102 valence electrons. The molecule has 0 atom stereocenters. The van der Waals surface area contributed by atoms with E-state index in [0.29, 0.717) is 16.7 Å². The van der Waals surface area contributed by atoms with Gasteiger partial charge in [0.05, 0.1) is 5.56 Å². The number of halogens is 4. The molecule has 0 radical (unpaired) electrons. The van der Waals surface area contributed by atoms with Crippen LogP contribution in [0.25, 0.3) is 0 Å². The summed E-state index contributed by atoms with van der Waals surface area (Å²) in [4.78, 5) is 0. The maximum absolute atomic E-state index is 12.4. The van der Waals surface area contributed by atoms with Gasteiger partial charge in [-0.25, -0.2) is 4.39 Å². The normalized spacial score (nSPS) is 10.8. The van der Waals surface area contributed by atoms with Gasteiger partial charge in [-0.3, -0.25) is 0 Å². The van der Waals surface area contributed by atoms with Gasteiger partial charge in [0.1, 0.15) is 6.67 Å². The summed E-state index contributed by atoms with van der Waals surface area (Å²) < 4.78 is 49.4. The molecule has 0 spiro atoms. The lowest BCUT2D eigenvalue weighted by Crippen LogP contribution is -2.04. The van der Waals surface area contributed by atoms with Crippen LogP contribution < -0.4 is 0 Å². The Balaban J connectivity index is 2.16. The molecule has 0 aliphatic heterocycles. The SMILES string of the molecule is FCc1ccc(C#Cc2ccc(C(F)(F)F)cc2)cc1. The molecule has 0 saturated carbocycles. The Hall–Kier alpha value is -2.28. The molecular formula is C16H10F4. The van der Waals surface area contributed by atoms with Gasteiger partial charge >= 0.3 is 6.18 Å². The van der Waals surface area contributed by atoms with Crippen molar-refractivity contribution in [1.82, 2.24) is 0 Å². The number of rotatable bonds is 1. The molecule has 2 aromatic rings. The monoisotopic (exact) mass is 278 g/mol. The minimum Gasteiger partial charge on any atom is -0.246 e. The first-order chi connectivity index (χ1) is 9.49. The third-order valence-electron chi connectivity index (χ3n) is 2.67. The van der Waals surface area contributed by atoms with Gasteiger partial charge in [0.2, 0.25) is 0 Å². The van der Waals surface area contributed by atoms with Crippen LogP contribution in [0.1, 0.15) is 22.3 Å². The van der Waals surface area contributed by atoms with Gasteiger partial charge in [-0.1, -0.05) is 24.0 Å². The smallest absolute Gasteiger partial charge is 0.246 e. The average molecular weight is 278 g/mol. The van der Waals surface area contributed by atoms with Crippen molar-refractivity contribution in [1.29, 1.82) is 0 Å². The van der Waals surface area contributed by atoms with Crippen LogP contribution in [0.3, 0.4) is 0 Å². The lowest BCUT2D eigenvalue weighted by atomic mass is 10.1. The van der Waals surface area contributed by atoms with Crippen LogP contribution in [0, 0.1) is 11.8 Å². The molecule has 0 fully saturated rings. The van der Waals surface area contributed by atoms with Crippen molar-refractivity contribution in [2.24, 2.45) is 0 Å². The van der Waals surface area contributed by atoms with Crippen LogP contribution in [0.4, 0.5) is 17.6 Å². The standard InChI is InChI=1S/C16H10F4/c17-11-14-5-3-12(4-6-14)1-2-13-7-9-15(10-8-13)16(18,19)20/h3-10H,11H2. The molecule has 0 aliphatic carbocycles. The van der Waals surface area contributed by atoms with Crippen molar-refractivity contribution in [3.05, 3.63) is 70.8 Å². The average Bonchev–Trinajstić information content (AvgIpc) is 2.45. The summed E-state index contributed by atoms with van der Waals surface area (Å²) in [7, 11) is 0. The first-order valence-corrected chi connectivity index (χ1v) is 5.83. The van der Waals surface area contributed by atoms with E-state index in [2.05, 4.69) is 11.8 Å². The highest BCUT2D eigenvalue weighted by molar-refractivity contribution is 5.44. The molecule has 0 heterocycles. The molecule has 0 aromatic heterocycles. The zero-order valence-corrected chi connectivity index (χ0v) is 10.3. The topological polar surface area (TPSA) is 0 Å². The minimum absolute atomic E-state index is 0.493. The van der Waals surface area contributed by atoms with Crippen molar-refractivity contribution >= 4 is 0 Å². The first kappa shape index (κ1) is 14.1. The molecule has 0 nitrogen and oxygen atoms in total. The lowest BCUT2D eigenvalue weighted by molar-refractivity contribution is -0.137. The van der Waals surface area contributed by atoms with Crippen molar-refractivity contribution < 1.29 is 17.6 Å². The maximum Gasteiger partial charge on any atom is 0.416 e. The molecule has 0 saturated heterocycles. The fourth-order valence-electron chi connectivity index (χ4n) is 1.56. The number of alkyl halides is 4. The van der Waals surface area contributed by atoms with E-state index >= 15 is 0 Å². The van der Waals surface area contributed by atoms with Gasteiger partial charge in [-0.05, 0) is 42.0 Å². The zero-order valence-electron chi connectivity index (χ0n) is 10.3. The number of hydrogen-bond donors (Lipinski definition) is 0. The first-order valence-electron chi connectivity index (χ1n) is 5.83. The van der Waals surface area contributed by atoms with E-state index in [-0.39, 0.29) is 0 Å². The minimum atomic E-state index is -4.34. The van der Waals surface area contributed by atoms with Crippen LogP contribution in [-0.4, -0.2) is 0 Å². The molecule has 2 aromatic carbocycles. The largest absolute Gasteiger partial charge is 0.416 e. The van der Waals surface area contributed by atoms with Crippen molar-refractivity contribution in [3.8, 4) is 11.8 Å². The Bertz CT molecular complexity index is 625. The quantitative estimate of drug-likeness (QED) is 0.529. The van der Waals surface area contributed by atoms with Crippen LogP contribution >= 0.6 is 0 Å². The summed E-state index contributed by atoms with van der Waals surface area (Å²) in [5.41, 5.74) is 1.04. The zero-order chi connectivity index (χ0) is 14.6. The van der Waals surface area contributed by atoms with E-state index in [4.69, 9.17) is 0 Å². The number of hydrogen-bond acceptors (Lipinski definition) is 0. The molecular weight excluding hydrogens is 268 g/mol. The van der Waals surface area contributed by atoms with Gasteiger partial charge < -0.3 is 0 Å². The van der Waals surface area contributed by atoms with Gasteiger partial charge in [0.25, 0.3) is 0 Å². The van der Waals surface area contributed by atoms with Crippen LogP contribution in [-0.2, 0) is 12.9 Å². The molecule has 0 N–H and O–H groups in total. The molecule has 2 rings (SSSR count). The molecule has 0 amide bonds. The summed E-state index contributed by atoms with van der Waals surface area (Å²) in [5, 5.41) is 0. The number of benzene rings is 2. The fraction of sp³-hybridized carbons (Fsp3) is 0.125. The predicted octanol–water partition coefficient (Wildman–Crippen LogP) is 4.57. The Morgan fingerprint density at radius 1 is 0.750 bits per heavy atom. The Morgan fingerprint density at radius 3 is 1.60 bits per heavy atom. The summed E-state index contributed by atoms with van der Waals surface area (Å²) in [5.74, 6) is 5.58. The second kappa shape index (κ2) is 5.79. The van der Waals surface area contributed by atoms with Crippen LogP contribution in [0.15, 0.2) is 48.5 Å². The van der Waals surface area contributed by atoms with E-state index < -0.39 is 18.4 Å². The third-order valence-corrected chi connectivity index (χ3v) is 2.67. The fourth-order valence-corrected chi connectivity index (χ4v) is 1.56. The highest BCUT2D eigenvalue weighted by Crippen LogP contribution is 2.28. The molecule has 0 aliphatic rings. The van der Waals surface area contributed by atoms with E-state index in [9.17, 15) is 17.6 Å². The van der Waals surface area contributed by atoms with E-state index in [1.54, 1.807) is 24.3 Å². The second-order valence-corrected chi connectivity index (χ2v) is 4.16. The molecule has 20 heavy (non-hydrogen) atoms. The lowest BCUT2D eigenvalue weighted by Gasteiger charge is -2.05. The van der Waals surface area contributed by atoms with Crippen molar-refractivity contribution in [3.63, 3.8) is 0 Å². The van der Waals surface area contributed by atoms with Gasteiger partial charge in [-0.15, -0.1) is 0 Å².